The van der Waals surface area contributed by atoms with E-state index in [2.05, 4.69) is 10.4 Å². The van der Waals surface area contributed by atoms with Gasteiger partial charge in [0.1, 0.15) is 0 Å². The van der Waals surface area contributed by atoms with Gasteiger partial charge in [-0.1, -0.05) is 0 Å². The van der Waals surface area contributed by atoms with Crippen LogP contribution in [0, 0.1) is 11.3 Å². The normalized spacial score (nSPS) is 26.5. The zero-order valence-electron chi connectivity index (χ0n) is 11.8. The summed E-state index contributed by atoms with van der Waals surface area (Å²) < 4.78 is 41.7. The first-order valence-electron chi connectivity index (χ1n) is 6.73. The zero-order valence-corrected chi connectivity index (χ0v) is 11.8. The molecule has 0 aromatic carbocycles. The highest BCUT2D eigenvalue weighted by atomic mass is 19.4. The van der Waals surface area contributed by atoms with E-state index < -0.39 is 30.0 Å². The maximum absolute atomic E-state index is 13.4. The van der Waals surface area contributed by atoms with Gasteiger partial charge < -0.3 is 10.4 Å². The molecule has 118 valence electrons. The van der Waals surface area contributed by atoms with Crippen molar-refractivity contribution >= 4 is 5.97 Å². The molecule has 1 aromatic rings. The summed E-state index contributed by atoms with van der Waals surface area (Å²) in [5.74, 6) is -2.87. The third-order valence-electron chi connectivity index (χ3n) is 4.08. The molecule has 8 heteroatoms. The molecule has 2 N–H and O–H groups in total. The molecular formula is C13H18F3N3O2. The number of aliphatic carboxylic acids is 1. The Hall–Kier alpha value is -1.57. The molecule has 0 bridgehead atoms. The maximum Gasteiger partial charge on any atom is 0.406 e. The molecule has 2 heterocycles. The van der Waals surface area contributed by atoms with Crippen molar-refractivity contribution < 1.29 is 23.1 Å². The summed E-state index contributed by atoms with van der Waals surface area (Å²) in [6.45, 7) is 3.18. The number of alkyl halides is 3. The molecule has 1 saturated heterocycles. The maximum atomic E-state index is 13.4. The summed E-state index contributed by atoms with van der Waals surface area (Å²) in [5, 5.41) is 15.9. The van der Waals surface area contributed by atoms with Gasteiger partial charge in [0.05, 0.1) is 0 Å². The predicted octanol–water partition coefficient (Wildman–Crippen LogP) is 1.86. The van der Waals surface area contributed by atoms with Crippen LogP contribution in [0.15, 0.2) is 12.3 Å². The van der Waals surface area contributed by atoms with Crippen molar-refractivity contribution in [1.82, 2.24) is 15.1 Å². The summed E-state index contributed by atoms with van der Waals surface area (Å²) in [7, 11) is 0. The van der Waals surface area contributed by atoms with Crippen LogP contribution in [0.1, 0.15) is 25.6 Å². The standard InChI is InChI=1S/C13H18F3N3O2/c1-8(2)19-10(3-4-18-19)5-9-6-17-7-12(9,11(20)21)13(14,15)16/h3-4,8-9,17H,5-7H2,1-2H3,(H,20,21)/t9-,12-/m0/s1. The number of rotatable bonds is 4. The molecule has 5 nitrogen and oxygen atoms in total. The molecule has 0 radical (unpaired) electrons. The molecule has 0 unspecified atom stereocenters. The number of carboxylic acids is 1. The van der Waals surface area contributed by atoms with Crippen LogP contribution in [-0.2, 0) is 11.2 Å². The Morgan fingerprint density at radius 3 is 2.81 bits per heavy atom. The molecular weight excluding hydrogens is 287 g/mol. The molecule has 2 atom stereocenters. The fourth-order valence-corrected chi connectivity index (χ4v) is 2.93. The van der Waals surface area contributed by atoms with Crippen LogP contribution in [0.25, 0.3) is 0 Å². The van der Waals surface area contributed by atoms with Crippen LogP contribution < -0.4 is 5.32 Å². The van der Waals surface area contributed by atoms with E-state index in [1.165, 1.54) is 6.20 Å². The van der Waals surface area contributed by atoms with Gasteiger partial charge in [0.25, 0.3) is 0 Å². The van der Waals surface area contributed by atoms with Crippen molar-refractivity contribution in [3.8, 4) is 0 Å². The van der Waals surface area contributed by atoms with Gasteiger partial charge >= 0.3 is 12.1 Å². The van der Waals surface area contributed by atoms with Crippen LogP contribution in [0.2, 0.25) is 0 Å². The van der Waals surface area contributed by atoms with E-state index in [0.29, 0.717) is 5.69 Å². The lowest BCUT2D eigenvalue weighted by molar-refractivity contribution is -0.236. The Bertz CT molecular complexity index is 527. The van der Waals surface area contributed by atoms with Crippen molar-refractivity contribution in [2.75, 3.05) is 13.1 Å². The first kappa shape index (κ1) is 15.8. The highest BCUT2D eigenvalue weighted by Gasteiger charge is 2.66. The van der Waals surface area contributed by atoms with Crippen LogP contribution in [-0.4, -0.2) is 40.1 Å². The van der Waals surface area contributed by atoms with Gasteiger partial charge in [-0.25, -0.2) is 0 Å². The van der Waals surface area contributed by atoms with Gasteiger partial charge in [-0.05, 0) is 32.9 Å². The first-order valence-corrected chi connectivity index (χ1v) is 6.73. The van der Waals surface area contributed by atoms with Crippen molar-refractivity contribution in [1.29, 1.82) is 0 Å². The van der Waals surface area contributed by atoms with Crippen LogP contribution >= 0.6 is 0 Å². The fraction of sp³-hybridized carbons (Fsp3) is 0.692. The molecule has 1 aromatic heterocycles. The van der Waals surface area contributed by atoms with Gasteiger partial charge in [-0.3, -0.25) is 9.48 Å². The monoisotopic (exact) mass is 305 g/mol. The Morgan fingerprint density at radius 2 is 2.29 bits per heavy atom. The lowest BCUT2D eigenvalue weighted by Crippen LogP contribution is -2.51. The third kappa shape index (κ3) is 2.52. The molecule has 21 heavy (non-hydrogen) atoms. The van der Waals surface area contributed by atoms with Crippen molar-refractivity contribution in [2.24, 2.45) is 11.3 Å². The summed E-state index contributed by atoms with van der Waals surface area (Å²) in [6.07, 6.45) is -3.25. The Balaban J connectivity index is 2.34. The molecule has 1 fully saturated rings. The van der Waals surface area contributed by atoms with Gasteiger partial charge in [0.15, 0.2) is 5.41 Å². The highest BCUT2D eigenvalue weighted by molar-refractivity contribution is 5.77. The number of aromatic nitrogens is 2. The zero-order chi connectivity index (χ0) is 15.8. The van der Waals surface area contributed by atoms with E-state index >= 15 is 0 Å². The van der Waals surface area contributed by atoms with Crippen molar-refractivity contribution in [3.63, 3.8) is 0 Å². The van der Waals surface area contributed by atoms with Crippen molar-refractivity contribution in [3.05, 3.63) is 18.0 Å². The fourth-order valence-electron chi connectivity index (χ4n) is 2.93. The topological polar surface area (TPSA) is 67.2 Å². The van der Waals surface area contributed by atoms with Crippen LogP contribution in [0.5, 0.6) is 0 Å². The summed E-state index contributed by atoms with van der Waals surface area (Å²) in [4.78, 5) is 11.3. The molecule has 0 amide bonds. The first-order chi connectivity index (χ1) is 9.70. The van der Waals surface area contributed by atoms with Crippen LogP contribution in [0.3, 0.4) is 0 Å². The minimum Gasteiger partial charge on any atom is -0.481 e. The smallest absolute Gasteiger partial charge is 0.406 e. The molecule has 0 aliphatic carbocycles. The largest absolute Gasteiger partial charge is 0.481 e. The summed E-state index contributed by atoms with van der Waals surface area (Å²) in [5.41, 5.74) is -2.12. The number of halogens is 3. The molecule has 2 rings (SSSR count). The van der Waals surface area contributed by atoms with Crippen molar-refractivity contribution in [2.45, 2.75) is 32.5 Å². The number of carbonyl (C=O) groups is 1. The average molecular weight is 305 g/mol. The second-order valence-corrected chi connectivity index (χ2v) is 5.67. The number of hydrogen-bond donors (Lipinski definition) is 2. The lowest BCUT2D eigenvalue weighted by Gasteiger charge is -2.32. The van der Waals surface area contributed by atoms with E-state index in [1.54, 1.807) is 10.7 Å². The lowest BCUT2D eigenvalue weighted by atomic mass is 9.75. The molecule has 1 aliphatic heterocycles. The summed E-state index contributed by atoms with van der Waals surface area (Å²) in [6, 6.07) is 1.65. The summed E-state index contributed by atoms with van der Waals surface area (Å²) >= 11 is 0. The number of nitrogens with zero attached hydrogens (tertiary/aromatic N) is 2. The molecule has 0 spiro atoms. The van der Waals surface area contributed by atoms with Gasteiger partial charge in [0.2, 0.25) is 0 Å². The van der Waals surface area contributed by atoms with E-state index in [9.17, 15) is 23.1 Å². The number of carboxylic acid groups (broad SMARTS) is 1. The van der Waals surface area contributed by atoms with E-state index in [4.69, 9.17) is 0 Å². The van der Waals surface area contributed by atoms with Gasteiger partial charge in [0, 0.05) is 30.4 Å². The van der Waals surface area contributed by atoms with Gasteiger partial charge in [-0.2, -0.15) is 18.3 Å². The highest BCUT2D eigenvalue weighted by Crippen LogP contribution is 2.47. The Kier molecular flexibility index (Phi) is 4.01. The van der Waals surface area contributed by atoms with Gasteiger partial charge in [-0.15, -0.1) is 0 Å². The second-order valence-electron chi connectivity index (χ2n) is 5.67. The number of nitrogens with one attached hydrogen (secondary N) is 1. The molecule has 1 aliphatic rings. The Morgan fingerprint density at radius 1 is 1.62 bits per heavy atom. The number of hydrogen-bond acceptors (Lipinski definition) is 3. The quantitative estimate of drug-likeness (QED) is 0.891. The second kappa shape index (κ2) is 5.32. The van der Waals surface area contributed by atoms with E-state index in [-0.39, 0.29) is 19.0 Å². The minimum atomic E-state index is -4.80. The third-order valence-corrected chi connectivity index (χ3v) is 4.08. The molecule has 0 saturated carbocycles. The average Bonchev–Trinajstić information content (AvgIpc) is 2.95. The van der Waals surface area contributed by atoms with E-state index in [1.807, 2.05) is 13.8 Å². The van der Waals surface area contributed by atoms with E-state index in [0.717, 1.165) is 0 Å². The SMILES string of the molecule is CC(C)n1nccc1C[C@H]1CNC[C@]1(C(=O)O)C(F)(F)F. The Labute approximate surface area is 120 Å². The minimum absolute atomic E-state index is 0.00878. The van der Waals surface area contributed by atoms with Crippen LogP contribution in [0.4, 0.5) is 13.2 Å². The predicted molar refractivity (Wildman–Crippen MR) is 68.8 cm³/mol.